The molecule has 1 aliphatic carbocycles. The Morgan fingerprint density at radius 3 is 2.81 bits per heavy atom. The summed E-state index contributed by atoms with van der Waals surface area (Å²) < 4.78 is 5.73. The first-order chi connectivity index (χ1) is 13.1. The first kappa shape index (κ1) is 20.3. The van der Waals surface area contributed by atoms with Crippen molar-refractivity contribution in [1.29, 1.82) is 0 Å². The molecule has 2 aliphatic rings. The first-order valence-electron chi connectivity index (χ1n) is 10.1. The molecule has 1 aliphatic heterocycles. The third-order valence-electron chi connectivity index (χ3n) is 5.49. The molecular weight excluding hydrogens is 362 g/mol. The minimum absolute atomic E-state index is 0.167. The molecule has 3 amide bonds. The van der Waals surface area contributed by atoms with E-state index in [2.05, 4.69) is 28.5 Å². The van der Waals surface area contributed by atoms with Crippen LogP contribution in [0.5, 0.6) is 0 Å². The zero-order chi connectivity index (χ0) is 19.1. The van der Waals surface area contributed by atoms with Gasteiger partial charge < -0.3 is 10.1 Å². The predicted octanol–water partition coefficient (Wildman–Crippen LogP) is 3.13. The van der Waals surface area contributed by atoms with E-state index in [1.54, 1.807) is 11.3 Å². The Morgan fingerprint density at radius 2 is 2.11 bits per heavy atom. The van der Waals surface area contributed by atoms with E-state index in [1.807, 2.05) is 11.4 Å². The molecule has 1 saturated carbocycles. The number of hydrogen-bond donors (Lipinski definition) is 2. The van der Waals surface area contributed by atoms with Crippen molar-refractivity contribution in [3.05, 3.63) is 22.4 Å². The number of thiophene rings is 1. The average molecular weight is 394 g/mol. The number of amides is 3. The molecule has 0 bridgehead atoms. The molecule has 7 heteroatoms. The summed E-state index contributed by atoms with van der Waals surface area (Å²) in [4.78, 5) is 28.0. The molecule has 3 atom stereocenters. The molecule has 0 spiro atoms. The minimum atomic E-state index is -0.369. The van der Waals surface area contributed by atoms with Crippen LogP contribution < -0.4 is 10.6 Å². The van der Waals surface area contributed by atoms with Gasteiger partial charge in [0, 0.05) is 30.6 Å². The van der Waals surface area contributed by atoms with Crippen LogP contribution in [0.3, 0.4) is 0 Å². The number of urea groups is 1. The zero-order valence-electron chi connectivity index (χ0n) is 16.1. The second-order valence-electron chi connectivity index (χ2n) is 7.77. The summed E-state index contributed by atoms with van der Waals surface area (Å²) in [6.07, 6.45) is 6.77. The number of hydrogen-bond acceptors (Lipinski definition) is 5. The molecule has 6 nitrogen and oxygen atoms in total. The third kappa shape index (κ3) is 6.59. The highest BCUT2D eigenvalue weighted by Crippen LogP contribution is 2.23. The Labute approximate surface area is 165 Å². The summed E-state index contributed by atoms with van der Waals surface area (Å²) in [5.41, 5.74) is 0. The lowest BCUT2D eigenvalue weighted by molar-refractivity contribution is -0.121. The summed E-state index contributed by atoms with van der Waals surface area (Å²) in [5.74, 6) is 0.208. The van der Waals surface area contributed by atoms with Crippen LogP contribution in [0.2, 0.25) is 0 Å². The van der Waals surface area contributed by atoms with Gasteiger partial charge >= 0.3 is 6.03 Å². The molecular formula is C20H31N3O3S. The molecule has 2 fully saturated rings. The fourth-order valence-electron chi connectivity index (χ4n) is 3.99. The number of nitrogens with zero attached hydrogens (tertiary/aromatic N) is 1. The lowest BCUT2D eigenvalue weighted by Crippen LogP contribution is -2.50. The molecule has 2 heterocycles. The lowest BCUT2D eigenvalue weighted by atomic mass is 9.86. The van der Waals surface area contributed by atoms with Crippen LogP contribution in [0.4, 0.5) is 4.79 Å². The van der Waals surface area contributed by atoms with Crippen molar-refractivity contribution in [2.75, 3.05) is 19.7 Å². The summed E-state index contributed by atoms with van der Waals surface area (Å²) in [5, 5.41) is 7.53. The summed E-state index contributed by atoms with van der Waals surface area (Å²) >= 11 is 1.68. The predicted molar refractivity (Wildman–Crippen MR) is 107 cm³/mol. The van der Waals surface area contributed by atoms with Crippen molar-refractivity contribution < 1.29 is 14.3 Å². The molecule has 1 aromatic heterocycles. The number of rotatable bonds is 7. The maximum absolute atomic E-state index is 12.4. The molecule has 1 saturated heterocycles. The molecule has 1 aromatic rings. The lowest BCUT2D eigenvalue weighted by Gasteiger charge is -2.29. The van der Waals surface area contributed by atoms with E-state index in [-0.39, 0.29) is 30.6 Å². The van der Waals surface area contributed by atoms with Gasteiger partial charge in [0.1, 0.15) is 0 Å². The van der Waals surface area contributed by atoms with Gasteiger partial charge in [-0.3, -0.25) is 15.0 Å². The van der Waals surface area contributed by atoms with E-state index in [0.717, 1.165) is 38.7 Å². The molecule has 3 rings (SSSR count). The second kappa shape index (κ2) is 10.2. The Bertz CT molecular complexity index is 602. The van der Waals surface area contributed by atoms with Gasteiger partial charge in [-0.15, -0.1) is 11.3 Å². The normalized spacial score (nSPS) is 25.5. The van der Waals surface area contributed by atoms with Crippen LogP contribution in [0.25, 0.3) is 0 Å². The van der Waals surface area contributed by atoms with E-state index in [0.29, 0.717) is 19.0 Å². The number of nitrogens with one attached hydrogen (secondary N) is 2. The molecule has 0 unspecified atom stereocenters. The highest BCUT2D eigenvalue weighted by molar-refractivity contribution is 7.09. The van der Waals surface area contributed by atoms with Crippen LogP contribution in [0, 0.1) is 5.92 Å². The monoisotopic (exact) mass is 393 g/mol. The molecule has 0 aromatic carbocycles. The van der Waals surface area contributed by atoms with Crippen LogP contribution in [0.15, 0.2) is 17.5 Å². The fourth-order valence-corrected chi connectivity index (χ4v) is 4.73. The maximum Gasteiger partial charge on any atom is 0.321 e. The molecule has 27 heavy (non-hydrogen) atoms. The number of carbonyl (C=O) groups is 2. The van der Waals surface area contributed by atoms with Crippen molar-refractivity contribution in [3.8, 4) is 0 Å². The van der Waals surface area contributed by atoms with E-state index < -0.39 is 0 Å². The Hall–Kier alpha value is -1.44. The van der Waals surface area contributed by atoms with Gasteiger partial charge in [0.25, 0.3) is 0 Å². The molecule has 2 N–H and O–H groups in total. The van der Waals surface area contributed by atoms with Gasteiger partial charge in [0.05, 0.1) is 12.6 Å². The van der Waals surface area contributed by atoms with Gasteiger partial charge in [0.15, 0.2) is 0 Å². The summed E-state index contributed by atoms with van der Waals surface area (Å²) in [6.45, 7) is 4.58. The number of imide groups is 1. The van der Waals surface area contributed by atoms with E-state index in [9.17, 15) is 9.59 Å². The van der Waals surface area contributed by atoms with Crippen LogP contribution in [-0.2, 0) is 16.1 Å². The summed E-state index contributed by atoms with van der Waals surface area (Å²) in [7, 11) is 0. The van der Waals surface area contributed by atoms with Crippen LogP contribution in [0.1, 0.15) is 50.3 Å². The number of carbonyl (C=O) groups excluding carboxylic acids is 2. The van der Waals surface area contributed by atoms with Gasteiger partial charge in [0.2, 0.25) is 5.91 Å². The SMILES string of the molecule is C[C@@H]1CCCC[C@@H]1NC(=O)NC(=O)CN(Cc1cccs1)C[C@H]1CCCO1. The number of ether oxygens (including phenoxy) is 1. The zero-order valence-corrected chi connectivity index (χ0v) is 16.9. The van der Waals surface area contributed by atoms with Crippen LogP contribution >= 0.6 is 11.3 Å². The van der Waals surface area contributed by atoms with E-state index in [4.69, 9.17) is 4.74 Å². The Kier molecular flexibility index (Phi) is 7.67. The fraction of sp³-hybridized carbons (Fsp3) is 0.700. The minimum Gasteiger partial charge on any atom is -0.377 e. The third-order valence-corrected chi connectivity index (χ3v) is 6.35. The van der Waals surface area contributed by atoms with Crippen molar-refractivity contribution in [3.63, 3.8) is 0 Å². The largest absolute Gasteiger partial charge is 0.377 e. The highest BCUT2D eigenvalue weighted by Gasteiger charge is 2.25. The van der Waals surface area contributed by atoms with Crippen molar-refractivity contribution in [2.24, 2.45) is 5.92 Å². The topological polar surface area (TPSA) is 70.7 Å². The molecule has 150 valence electrons. The maximum atomic E-state index is 12.4. The van der Waals surface area contributed by atoms with E-state index in [1.165, 1.54) is 11.3 Å². The van der Waals surface area contributed by atoms with Gasteiger partial charge in [-0.1, -0.05) is 25.8 Å². The highest BCUT2D eigenvalue weighted by atomic mass is 32.1. The molecule has 0 radical (unpaired) electrons. The summed E-state index contributed by atoms with van der Waals surface area (Å²) in [6, 6.07) is 3.89. The smallest absolute Gasteiger partial charge is 0.321 e. The quantitative estimate of drug-likeness (QED) is 0.747. The Morgan fingerprint density at radius 1 is 1.26 bits per heavy atom. The van der Waals surface area contributed by atoms with Crippen LogP contribution in [-0.4, -0.2) is 48.7 Å². The van der Waals surface area contributed by atoms with Gasteiger partial charge in [-0.25, -0.2) is 4.79 Å². The van der Waals surface area contributed by atoms with Crippen molar-refractivity contribution >= 4 is 23.3 Å². The first-order valence-corrected chi connectivity index (χ1v) is 10.9. The average Bonchev–Trinajstić information content (AvgIpc) is 3.31. The van der Waals surface area contributed by atoms with Crippen molar-refractivity contribution in [2.45, 2.75) is 64.1 Å². The second-order valence-corrected chi connectivity index (χ2v) is 8.81. The standard InChI is InChI=1S/C20H31N3O3S/c1-15-6-2-3-9-18(15)21-20(25)22-19(24)14-23(12-16-7-4-10-26-16)13-17-8-5-11-27-17/h5,8,11,15-16,18H,2-4,6-7,9-10,12-14H2,1H3,(H2,21,22,24,25)/t15-,16-,18+/m1/s1. The Balaban J connectivity index is 1.49. The van der Waals surface area contributed by atoms with Gasteiger partial charge in [-0.05, 0) is 43.0 Å². The van der Waals surface area contributed by atoms with E-state index >= 15 is 0 Å². The van der Waals surface area contributed by atoms with Gasteiger partial charge in [-0.2, -0.15) is 0 Å². The van der Waals surface area contributed by atoms with Crippen molar-refractivity contribution in [1.82, 2.24) is 15.5 Å².